The number of aromatic hydroxyl groups is 1. The summed E-state index contributed by atoms with van der Waals surface area (Å²) in [5.41, 5.74) is 1.18. The molecule has 8 heteroatoms. The molecule has 0 atom stereocenters. The first-order valence-electron chi connectivity index (χ1n) is 7.12. The van der Waals surface area contributed by atoms with Crippen molar-refractivity contribution in [1.29, 1.82) is 0 Å². The molecule has 0 spiro atoms. The van der Waals surface area contributed by atoms with E-state index in [-0.39, 0.29) is 21.9 Å². The van der Waals surface area contributed by atoms with E-state index in [1.54, 1.807) is 13.0 Å². The van der Waals surface area contributed by atoms with Gasteiger partial charge in [0.05, 0.1) is 16.8 Å². The summed E-state index contributed by atoms with van der Waals surface area (Å²) in [6.45, 7) is 5.59. The first-order valence-corrected chi connectivity index (χ1v) is 9.01. The predicted octanol–water partition coefficient (Wildman–Crippen LogP) is 1.67. The lowest BCUT2D eigenvalue weighted by atomic mass is 9.99. The van der Waals surface area contributed by atoms with Crippen molar-refractivity contribution in [2.24, 2.45) is 7.05 Å². The summed E-state index contributed by atoms with van der Waals surface area (Å²) in [6.07, 6.45) is 3.97. The van der Waals surface area contributed by atoms with Crippen LogP contribution in [0.3, 0.4) is 0 Å². The maximum Gasteiger partial charge on any atom is 0.220 e. The van der Waals surface area contributed by atoms with Crippen molar-refractivity contribution in [1.82, 2.24) is 9.78 Å². The lowest BCUT2D eigenvalue weighted by Gasteiger charge is -2.15. The van der Waals surface area contributed by atoms with Crippen LogP contribution in [-0.2, 0) is 16.9 Å². The summed E-state index contributed by atoms with van der Waals surface area (Å²) in [6, 6.07) is 2.83. The SMILES string of the molecule is C=CCNc1c(S(C)(=O)=O)ccc(C(=O)c2cnn(C)c2O)c1C. The van der Waals surface area contributed by atoms with E-state index in [2.05, 4.69) is 17.0 Å². The summed E-state index contributed by atoms with van der Waals surface area (Å²) in [4.78, 5) is 12.8. The summed E-state index contributed by atoms with van der Waals surface area (Å²) in [7, 11) is -1.95. The number of hydrogen-bond donors (Lipinski definition) is 2. The number of ketones is 1. The van der Waals surface area contributed by atoms with Gasteiger partial charge in [0.15, 0.2) is 15.6 Å². The van der Waals surface area contributed by atoms with Crippen LogP contribution in [0.2, 0.25) is 0 Å². The highest BCUT2D eigenvalue weighted by molar-refractivity contribution is 7.90. The minimum atomic E-state index is -3.47. The van der Waals surface area contributed by atoms with Gasteiger partial charge in [0.1, 0.15) is 5.56 Å². The quantitative estimate of drug-likeness (QED) is 0.608. The third kappa shape index (κ3) is 3.18. The molecule has 2 rings (SSSR count). The van der Waals surface area contributed by atoms with E-state index in [4.69, 9.17) is 0 Å². The molecule has 0 amide bonds. The maximum absolute atomic E-state index is 12.7. The van der Waals surface area contributed by atoms with Crippen LogP contribution >= 0.6 is 0 Å². The molecule has 0 unspecified atom stereocenters. The monoisotopic (exact) mass is 349 g/mol. The molecule has 0 saturated heterocycles. The molecule has 7 nitrogen and oxygen atoms in total. The van der Waals surface area contributed by atoms with E-state index >= 15 is 0 Å². The molecule has 128 valence electrons. The highest BCUT2D eigenvalue weighted by Gasteiger charge is 2.23. The maximum atomic E-state index is 12.7. The molecule has 1 heterocycles. The zero-order chi connectivity index (χ0) is 18.1. The fourth-order valence-corrected chi connectivity index (χ4v) is 3.28. The number of aryl methyl sites for hydroxylation is 1. The molecule has 2 N–H and O–H groups in total. The van der Waals surface area contributed by atoms with Gasteiger partial charge in [-0.2, -0.15) is 5.10 Å². The van der Waals surface area contributed by atoms with Gasteiger partial charge in [-0.1, -0.05) is 6.08 Å². The van der Waals surface area contributed by atoms with Crippen molar-refractivity contribution in [2.45, 2.75) is 11.8 Å². The summed E-state index contributed by atoms with van der Waals surface area (Å²) in [5.74, 6) is -0.674. The second-order valence-electron chi connectivity index (χ2n) is 5.39. The van der Waals surface area contributed by atoms with E-state index in [9.17, 15) is 18.3 Å². The van der Waals surface area contributed by atoms with Crippen LogP contribution in [-0.4, -0.2) is 41.9 Å². The van der Waals surface area contributed by atoms with Gasteiger partial charge in [-0.3, -0.25) is 4.79 Å². The molecule has 0 aliphatic carbocycles. The largest absolute Gasteiger partial charge is 0.493 e. The number of nitrogens with zero attached hydrogens (tertiary/aromatic N) is 2. The number of sulfone groups is 1. The number of rotatable bonds is 6. The van der Waals surface area contributed by atoms with Crippen molar-refractivity contribution in [3.05, 3.63) is 47.7 Å². The molecule has 24 heavy (non-hydrogen) atoms. The zero-order valence-corrected chi connectivity index (χ0v) is 14.5. The Morgan fingerprint density at radius 1 is 1.42 bits per heavy atom. The number of carbonyl (C=O) groups is 1. The van der Waals surface area contributed by atoms with Gasteiger partial charge >= 0.3 is 0 Å². The van der Waals surface area contributed by atoms with Gasteiger partial charge in [0, 0.05) is 25.4 Å². The first-order chi connectivity index (χ1) is 11.2. The Kier molecular flexibility index (Phi) is 4.79. The van der Waals surface area contributed by atoms with E-state index in [0.29, 0.717) is 17.8 Å². The number of nitrogens with one attached hydrogen (secondary N) is 1. The summed E-state index contributed by atoms with van der Waals surface area (Å²) < 4.78 is 25.1. The molecule has 0 bridgehead atoms. The predicted molar refractivity (Wildman–Crippen MR) is 91.3 cm³/mol. The van der Waals surface area contributed by atoms with E-state index in [1.807, 2.05) is 0 Å². The Hall–Kier alpha value is -2.61. The van der Waals surface area contributed by atoms with Crippen molar-refractivity contribution in [3.8, 4) is 5.88 Å². The van der Waals surface area contributed by atoms with Crippen LogP contribution in [0.25, 0.3) is 0 Å². The molecular formula is C16H19N3O4S. The topological polar surface area (TPSA) is 101 Å². The fourth-order valence-electron chi connectivity index (χ4n) is 2.37. The van der Waals surface area contributed by atoms with Crippen molar-refractivity contribution >= 4 is 21.3 Å². The molecular weight excluding hydrogens is 330 g/mol. The zero-order valence-electron chi connectivity index (χ0n) is 13.7. The number of aromatic nitrogens is 2. The van der Waals surface area contributed by atoms with Gasteiger partial charge in [-0.15, -0.1) is 6.58 Å². The van der Waals surface area contributed by atoms with Gasteiger partial charge in [0.2, 0.25) is 5.88 Å². The normalized spacial score (nSPS) is 11.3. The second kappa shape index (κ2) is 6.48. The molecule has 1 aromatic carbocycles. The van der Waals surface area contributed by atoms with Crippen LogP contribution < -0.4 is 5.32 Å². The molecule has 1 aromatic heterocycles. The van der Waals surface area contributed by atoms with Crippen LogP contribution in [0.4, 0.5) is 5.69 Å². The second-order valence-corrected chi connectivity index (χ2v) is 7.37. The number of hydrogen-bond acceptors (Lipinski definition) is 6. The number of anilines is 1. The van der Waals surface area contributed by atoms with Crippen LogP contribution in [0.15, 0.2) is 35.9 Å². The third-order valence-electron chi connectivity index (χ3n) is 3.65. The molecule has 0 aliphatic rings. The average molecular weight is 349 g/mol. The Morgan fingerprint density at radius 3 is 2.58 bits per heavy atom. The van der Waals surface area contributed by atoms with Gasteiger partial charge in [0.25, 0.3) is 0 Å². The smallest absolute Gasteiger partial charge is 0.220 e. The molecule has 0 radical (unpaired) electrons. The standard InChI is InChI=1S/C16H19N3O4S/c1-5-8-17-14-10(2)11(6-7-13(14)24(4,22)23)15(20)12-9-18-19(3)16(12)21/h5-7,9,17,21H,1,8H2,2-4H3. The van der Waals surface area contributed by atoms with Crippen molar-refractivity contribution < 1.29 is 18.3 Å². The Morgan fingerprint density at radius 2 is 2.08 bits per heavy atom. The van der Waals surface area contributed by atoms with E-state index in [1.165, 1.54) is 30.1 Å². The van der Waals surface area contributed by atoms with Crippen LogP contribution in [0.1, 0.15) is 21.5 Å². The van der Waals surface area contributed by atoms with Crippen LogP contribution in [0, 0.1) is 6.92 Å². The third-order valence-corrected chi connectivity index (χ3v) is 4.79. The lowest BCUT2D eigenvalue weighted by Crippen LogP contribution is -2.12. The number of benzene rings is 1. The minimum Gasteiger partial charge on any atom is -0.493 e. The molecule has 0 aliphatic heterocycles. The minimum absolute atomic E-state index is 0.0578. The van der Waals surface area contributed by atoms with Crippen molar-refractivity contribution in [3.63, 3.8) is 0 Å². The Bertz CT molecular complexity index is 914. The summed E-state index contributed by atoms with van der Waals surface area (Å²) in [5, 5.41) is 16.7. The Labute approximate surface area is 140 Å². The molecule has 0 fully saturated rings. The molecule has 2 aromatic rings. The fraction of sp³-hybridized carbons (Fsp3) is 0.250. The lowest BCUT2D eigenvalue weighted by molar-refractivity contribution is 0.103. The van der Waals surface area contributed by atoms with Crippen LogP contribution in [0.5, 0.6) is 5.88 Å². The highest BCUT2D eigenvalue weighted by Crippen LogP contribution is 2.30. The van der Waals surface area contributed by atoms with Crippen molar-refractivity contribution in [2.75, 3.05) is 18.1 Å². The average Bonchev–Trinajstić information content (AvgIpc) is 2.84. The van der Waals surface area contributed by atoms with Gasteiger partial charge in [-0.25, -0.2) is 13.1 Å². The van der Waals surface area contributed by atoms with Gasteiger partial charge < -0.3 is 10.4 Å². The number of carbonyl (C=O) groups excluding carboxylic acids is 1. The van der Waals surface area contributed by atoms with E-state index in [0.717, 1.165) is 6.26 Å². The Balaban J connectivity index is 2.62. The first kappa shape index (κ1) is 17.7. The summed E-state index contributed by atoms with van der Waals surface area (Å²) >= 11 is 0. The highest BCUT2D eigenvalue weighted by atomic mass is 32.2. The molecule has 0 saturated carbocycles. The van der Waals surface area contributed by atoms with Gasteiger partial charge in [-0.05, 0) is 24.6 Å². The van der Waals surface area contributed by atoms with E-state index < -0.39 is 15.6 Å².